The van der Waals surface area contributed by atoms with Crippen LogP contribution in [0.2, 0.25) is 0 Å². The third-order valence-electron chi connectivity index (χ3n) is 5.75. The average Bonchev–Trinajstić information content (AvgIpc) is 3.03. The van der Waals surface area contributed by atoms with E-state index in [0.29, 0.717) is 35.4 Å². The topological polar surface area (TPSA) is 99.5 Å². The molecule has 0 radical (unpaired) electrons. The maximum Gasteiger partial charge on any atom is 0.295 e. The summed E-state index contributed by atoms with van der Waals surface area (Å²) in [6.07, 6.45) is 0.646. The monoisotopic (exact) mass is 454 g/mol. The number of ether oxygens (including phenoxy) is 2. The van der Waals surface area contributed by atoms with Gasteiger partial charge in [-0.1, -0.05) is 6.07 Å². The number of hydrogen-bond donors (Lipinski definition) is 2. The number of aliphatic hydroxyl groups excluding tert-OH is 1. The van der Waals surface area contributed by atoms with E-state index in [9.17, 15) is 19.8 Å². The molecule has 0 bridgehead atoms. The molecule has 0 aromatic heterocycles. The van der Waals surface area contributed by atoms with Crippen molar-refractivity contribution in [3.8, 4) is 17.2 Å². The van der Waals surface area contributed by atoms with Crippen LogP contribution in [0.1, 0.15) is 29.2 Å². The molecular weight excluding hydrogens is 424 g/mol. The van der Waals surface area contributed by atoms with Crippen LogP contribution in [-0.2, 0) is 9.59 Å². The molecule has 1 unspecified atom stereocenters. The Labute approximate surface area is 193 Å². The van der Waals surface area contributed by atoms with Crippen LogP contribution in [-0.4, -0.2) is 73.1 Å². The number of likely N-dealkylation sites (tertiary alicyclic amines) is 1. The van der Waals surface area contributed by atoms with Gasteiger partial charge in [0.15, 0.2) is 11.5 Å². The van der Waals surface area contributed by atoms with Gasteiger partial charge in [0.2, 0.25) is 0 Å². The van der Waals surface area contributed by atoms with E-state index in [1.54, 1.807) is 44.4 Å². The summed E-state index contributed by atoms with van der Waals surface area (Å²) in [6, 6.07) is 8.95. The molecule has 1 amide bonds. The number of aryl methyl sites for hydroxylation is 1. The van der Waals surface area contributed by atoms with E-state index in [0.717, 1.165) is 6.54 Å². The van der Waals surface area contributed by atoms with Gasteiger partial charge in [0.1, 0.15) is 11.5 Å². The zero-order valence-corrected chi connectivity index (χ0v) is 19.6. The lowest BCUT2D eigenvalue weighted by Crippen LogP contribution is -2.32. The van der Waals surface area contributed by atoms with E-state index in [4.69, 9.17) is 9.47 Å². The van der Waals surface area contributed by atoms with Gasteiger partial charge in [-0.15, -0.1) is 0 Å². The Morgan fingerprint density at radius 2 is 1.82 bits per heavy atom. The number of rotatable bonds is 8. The fourth-order valence-corrected chi connectivity index (χ4v) is 4.05. The van der Waals surface area contributed by atoms with E-state index in [1.165, 1.54) is 18.1 Å². The van der Waals surface area contributed by atoms with Crippen molar-refractivity contribution in [3.63, 3.8) is 0 Å². The Morgan fingerprint density at radius 3 is 2.42 bits per heavy atom. The lowest BCUT2D eigenvalue weighted by Gasteiger charge is -2.26. The Kier molecular flexibility index (Phi) is 7.28. The number of Topliss-reactive ketones (excluding diaryl/α,β-unsaturated/α-hetero) is 1. The minimum absolute atomic E-state index is 0.00543. The van der Waals surface area contributed by atoms with E-state index >= 15 is 0 Å². The number of ketones is 1. The molecule has 2 aromatic carbocycles. The number of amides is 1. The molecule has 0 saturated carbocycles. The average molecular weight is 455 g/mol. The number of aromatic hydroxyl groups is 1. The van der Waals surface area contributed by atoms with Gasteiger partial charge < -0.3 is 29.5 Å². The van der Waals surface area contributed by atoms with Gasteiger partial charge in [0.25, 0.3) is 11.7 Å². The van der Waals surface area contributed by atoms with E-state index in [2.05, 4.69) is 0 Å². The number of benzene rings is 2. The Bertz CT molecular complexity index is 1090. The molecule has 1 atom stereocenters. The molecule has 176 valence electrons. The molecule has 0 aliphatic carbocycles. The van der Waals surface area contributed by atoms with Crippen LogP contribution < -0.4 is 9.47 Å². The van der Waals surface area contributed by atoms with Crippen LogP contribution in [0.15, 0.2) is 42.0 Å². The summed E-state index contributed by atoms with van der Waals surface area (Å²) in [5.41, 5.74) is 1.71. The lowest BCUT2D eigenvalue weighted by molar-refractivity contribution is -0.139. The maximum atomic E-state index is 13.1. The van der Waals surface area contributed by atoms with Crippen molar-refractivity contribution in [2.45, 2.75) is 19.4 Å². The number of aliphatic hydroxyl groups is 1. The highest BCUT2D eigenvalue weighted by Gasteiger charge is 2.46. The molecule has 1 heterocycles. The number of phenols is 1. The molecular formula is C25H30N2O6. The predicted molar refractivity (Wildman–Crippen MR) is 125 cm³/mol. The zero-order valence-electron chi connectivity index (χ0n) is 19.6. The normalized spacial score (nSPS) is 17.6. The van der Waals surface area contributed by atoms with Crippen LogP contribution in [0.4, 0.5) is 0 Å². The first-order valence-electron chi connectivity index (χ1n) is 10.6. The molecule has 1 saturated heterocycles. The smallest absolute Gasteiger partial charge is 0.295 e. The van der Waals surface area contributed by atoms with E-state index < -0.39 is 17.7 Å². The summed E-state index contributed by atoms with van der Waals surface area (Å²) < 4.78 is 10.5. The molecule has 1 aliphatic rings. The highest BCUT2D eigenvalue weighted by Crippen LogP contribution is 2.42. The molecule has 1 aliphatic heterocycles. The molecule has 2 aromatic rings. The van der Waals surface area contributed by atoms with Gasteiger partial charge >= 0.3 is 0 Å². The van der Waals surface area contributed by atoms with Gasteiger partial charge in [-0.05, 0) is 75.4 Å². The molecule has 3 rings (SSSR count). The van der Waals surface area contributed by atoms with Crippen LogP contribution in [0.25, 0.3) is 5.76 Å². The van der Waals surface area contributed by atoms with Gasteiger partial charge in [-0.2, -0.15) is 0 Å². The molecule has 8 nitrogen and oxygen atoms in total. The number of hydrogen-bond acceptors (Lipinski definition) is 7. The first-order valence-corrected chi connectivity index (χ1v) is 10.6. The minimum Gasteiger partial charge on any atom is -0.507 e. The van der Waals surface area contributed by atoms with Crippen molar-refractivity contribution in [1.29, 1.82) is 0 Å². The number of phenolic OH excluding ortho intramolecular Hbond substituents is 1. The summed E-state index contributed by atoms with van der Waals surface area (Å²) >= 11 is 0. The van der Waals surface area contributed by atoms with E-state index in [1.807, 2.05) is 19.0 Å². The van der Waals surface area contributed by atoms with Crippen LogP contribution in [0.3, 0.4) is 0 Å². The Hall–Kier alpha value is -3.52. The highest BCUT2D eigenvalue weighted by molar-refractivity contribution is 6.46. The largest absolute Gasteiger partial charge is 0.507 e. The van der Waals surface area contributed by atoms with Gasteiger partial charge in [0.05, 0.1) is 25.8 Å². The third kappa shape index (κ3) is 4.80. The van der Waals surface area contributed by atoms with Crippen molar-refractivity contribution in [2.75, 3.05) is 41.4 Å². The van der Waals surface area contributed by atoms with Crippen molar-refractivity contribution in [2.24, 2.45) is 0 Å². The van der Waals surface area contributed by atoms with Crippen molar-refractivity contribution < 1.29 is 29.3 Å². The second-order valence-electron chi connectivity index (χ2n) is 8.26. The number of nitrogens with zero attached hydrogens (tertiary/aromatic N) is 2. The van der Waals surface area contributed by atoms with Crippen LogP contribution in [0.5, 0.6) is 17.2 Å². The molecule has 2 N–H and O–H groups in total. The number of carbonyl (C=O) groups is 2. The summed E-state index contributed by atoms with van der Waals surface area (Å²) in [6.45, 7) is 2.85. The van der Waals surface area contributed by atoms with Crippen molar-refractivity contribution in [1.82, 2.24) is 9.80 Å². The molecule has 0 spiro atoms. The molecule has 33 heavy (non-hydrogen) atoms. The summed E-state index contributed by atoms with van der Waals surface area (Å²) in [7, 11) is 6.84. The Balaban J connectivity index is 2.16. The van der Waals surface area contributed by atoms with Crippen LogP contribution >= 0.6 is 0 Å². The molecule has 8 heteroatoms. The SMILES string of the molecule is COc1ccc(/C(O)=C2\C(=O)C(=O)N(CCCN(C)C)C2c2ccc(O)c(OC)c2)c(C)c1. The first-order chi connectivity index (χ1) is 15.7. The van der Waals surface area contributed by atoms with Gasteiger partial charge in [-0.25, -0.2) is 0 Å². The summed E-state index contributed by atoms with van der Waals surface area (Å²) in [5.74, 6) is -0.888. The van der Waals surface area contributed by atoms with Crippen LogP contribution in [0, 0.1) is 6.92 Å². The minimum atomic E-state index is -0.817. The standard InChI is InChI=1S/C25H30N2O6/c1-15-13-17(32-4)8-9-18(15)23(29)21-22(16-7-10-19(28)20(14-16)33-5)27(25(31)24(21)30)12-6-11-26(2)3/h7-10,13-14,22,28-29H,6,11-12H2,1-5H3/b23-21+. The Morgan fingerprint density at radius 1 is 1.09 bits per heavy atom. The van der Waals surface area contributed by atoms with Crippen molar-refractivity contribution in [3.05, 3.63) is 58.7 Å². The second-order valence-corrected chi connectivity index (χ2v) is 8.26. The highest BCUT2D eigenvalue weighted by atomic mass is 16.5. The summed E-state index contributed by atoms with van der Waals surface area (Å²) in [4.78, 5) is 29.6. The second kappa shape index (κ2) is 9.95. The number of carbonyl (C=O) groups excluding carboxylic acids is 2. The van der Waals surface area contributed by atoms with Gasteiger partial charge in [0, 0.05) is 12.1 Å². The lowest BCUT2D eigenvalue weighted by atomic mass is 9.93. The fourth-order valence-electron chi connectivity index (χ4n) is 4.05. The van der Waals surface area contributed by atoms with E-state index in [-0.39, 0.29) is 22.8 Å². The molecule has 1 fully saturated rings. The zero-order chi connectivity index (χ0) is 24.3. The van der Waals surface area contributed by atoms with Crippen molar-refractivity contribution >= 4 is 17.4 Å². The third-order valence-corrected chi connectivity index (χ3v) is 5.75. The maximum absolute atomic E-state index is 13.1. The fraction of sp³-hybridized carbons (Fsp3) is 0.360. The first kappa shape index (κ1) is 24.1. The predicted octanol–water partition coefficient (Wildman–Crippen LogP) is 3.09. The number of methoxy groups -OCH3 is 2. The quantitative estimate of drug-likeness (QED) is 0.359. The van der Waals surface area contributed by atoms with Gasteiger partial charge in [-0.3, -0.25) is 9.59 Å². The summed E-state index contributed by atoms with van der Waals surface area (Å²) in [5, 5.41) is 21.3.